The van der Waals surface area contributed by atoms with Crippen LogP contribution < -0.4 is 5.73 Å². The van der Waals surface area contributed by atoms with Crippen molar-refractivity contribution in [2.45, 2.75) is 18.5 Å². The summed E-state index contributed by atoms with van der Waals surface area (Å²) in [5.74, 6) is -4.32. The second-order valence-corrected chi connectivity index (χ2v) is 4.16. The van der Waals surface area contributed by atoms with Gasteiger partial charge in [0.2, 0.25) is 0 Å². The van der Waals surface area contributed by atoms with Gasteiger partial charge in [0, 0.05) is 11.8 Å². The summed E-state index contributed by atoms with van der Waals surface area (Å²) >= 11 is 5.62. The molecular weight excluding hydrogens is 292 g/mol. The molecule has 9 heteroatoms. The summed E-state index contributed by atoms with van der Waals surface area (Å²) in [4.78, 5) is 3.65. The minimum Gasteiger partial charge on any atom is -0.386 e. The van der Waals surface area contributed by atoms with Gasteiger partial charge in [-0.05, 0) is 6.07 Å². The van der Waals surface area contributed by atoms with Crippen molar-refractivity contribution in [3.63, 3.8) is 0 Å². The monoisotopic (exact) mass is 302 g/mol. The van der Waals surface area contributed by atoms with Gasteiger partial charge in [-0.15, -0.1) is 0 Å². The fraction of sp³-hybridized carbons (Fsp3) is 0.500. The summed E-state index contributed by atoms with van der Waals surface area (Å²) in [6, 6.07) is 1.28. The van der Waals surface area contributed by atoms with E-state index in [0.29, 0.717) is 0 Å². The lowest BCUT2D eigenvalue weighted by Gasteiger charge is -2.17. The molecule has 0 bridgehead atoms. The lowest BCUT2D eigenvalue weighted by Crippen LogP contribution is -2.33. The summed E-state index contributed by atoms with van der Waals surface area (Å²) in [6.07, 6.45) is -3.99. The molecule has 1 atom stereocenters. The van der Waals surface area contributed by atoms with Crippen LogP contribution in [0.3, 0.4) is 0 Å². The van der Waals surface area contributed by atoms with E-state index in [1.807, 2.05) is 0 Å². The predicted octanol–water partition coefficient (Wildman–Crippen LogP) is 2.27. The first-order valence-corrected chi connectivity index (χ1v) is 5.44. The quantitative estimate of drug-likeness (QED) is 0.791. The molecule has 0 saturated heterocycles. The molecule has 1 heterocycles. The second-order valence-electron chi connectivity index (χ2n) is 3.72. The minimum absolute atomic E-state index is 0.0545. The smallest absolute Gasteiger partial charge is 0.330 e. The Labute approximate surface area is 111 Å². The van der Waals surface area contributed by atoms with Crippen LogP contribution in [0.5, 0.6) is 0 Å². The topological polar surface area (TPSA) is 68.4 Å². The van der Waals surface area contributed by atoms with Crippen LogP contribution in [-0.2, 0) is 4.74 Å². The number of nitrogens with two attached hydrogens (primary N) is 1. The zero-order chi connectivity index (χ0) is 14.6. The number of rotatable bonds is 6. The molecule has 3 N–H and O–H groups in total. The van der Waals surface area contributed by atoms with Crippen LogP contribution in [0.25, 0.3) is 0 Å². The molecule has 0 aliphatic heterocycles. The zero-order valence-corrected chi connectivity index (χ0v) is 10.2. The standard InChI is InChI=1S/C10H11ClF4N2O2/c11-5-1-6(8(16)17-2-5)7(18)3-19-4-10(14,15)9(12)13/h1-2,7,9,18H,3-4H2,(H2,16,17). The SMILES string of the molecule is Nc1ncc(Cl)cc1C(O)COCC(F)(F)C(F)F. The predicted molar refractivity (Wildman–Crippen MR) is 60.4 cm³/mol. The maximum Gasteiger partial charge on any atom is 0.330 e. The molecule has 0 saturated carbocycles. The van der Waals surface area contributed by atoms with E-state index >= 15 is 0 Å². The average Bonchev–Trinajstić information content (AvgIpc) is 2.31. The van der Waals surface area contributed by atoms with Gasteiger partial charge in [0.05, 0.1) is 11.6 Å². The summed E-state index contributed by atoms with van der Waals surface area (Å²) in [5, 5.41) is 9.81. The molecule has 0 spiro atoms. The highest BCUT2D eigenvalue weighted by Gasteiger charge is 2.41. The zero-order valence-electron chi connectivity index (χ0n) is 9.49. The number of halogens is 5. The average molecular weight is 303 g/mol. The maximum absolute atomic E-state index is 12.5. The lowest BCUT2D eigenvalue weighted by molar-refractivity contribution is -0.170. The number of pyridine rings is 1. The number of alkyl halides is 4. The molecule has 4 nitrogen and oxygen atoms in total. The van der Waals surface area contributed by atoms with Gasteiger partial charge in [-0.1, -0.05) is 11.6 Å². The second kappa shape index (κ2) is 6.36. The Balaban J connectivity index is 2.56. The number of aliphatic hydroxyl groups excluding tert-OH is 1. The first-order valence-electron chi connectivity index (χ1n) is 5.06. The highest BCUT2D eigenvalue weighted by atomic mass is 35.5. The van der Waals surface area contributed by atoms with Gasteiger partial charge in [-0.3, -0.25) is 0 Å². The van der Waals surface area contributed by atoms with Crippen molar-refractivity contribution in [3.05, 3.63) is 22.8 Å². The number of anilines is 1. The van der Waals surface area contributed by atoms with E-state index in [0.717, 1.165) is 0 Å². The molecule has 108 valence electrons. The van der Waals surface area contributed by atoms with Crippen molar-refractivity contribution in [1.82, 2.24) is 4.98 Å². The summed E-state index contributed by atoms with van der Waals surface area (Å²) < 4.78 is 53.1. The molecular formula is C10H11ClF4N2O2. The maximum atomic E-state index is 12.5. The van der Waals surface area contributed by atoms with E-state index in [1.54, 1.807) is 0 Å². The fourth-order valence-corrected chi connectivity index (χ4v) is 1.36. The van der Waals surface area contributed by atoms with Crippen LogP contribution in [-0.4, -0.2) is 35.7 Å². The largest absolute Gasteiger partial charge is 0.386 e. The van der Waals surface area contributed by atoms with Crippen molar-refractivity contribution in [2.75, 3.05) is 18.9 Å². The first-order chi connectivity index (χ1) is 8.74. The highest BCUT2D eigenvalue weighted by Crippen LogP contribution is 2.25. The Hall–Kier alpha value is -1.12. The van der Waals surface area contributed by atoms with Crippen LogP contribution in [0.15, 0.2) is 12.3 Å². The third-order valence-electron chi connectivity index (χ3n) is 2.16. The van der Waals surface area contributed by atoms with Crippen molar-refractivity contribution >= 4 is 17.4 Å². The van der Waals surface area contributed by atoms with Crippen LogP contribution in [0.1, 0.15) is 11.7 Å². The molecule has 0 aromatic carbocycles. The molecule has 1 aromatic heterocycles. The number of hydrogen-bond donors (Lipinski definition) is 2. The lowest BCUT2D eigenvalue weighted by atomic mass is 10.1. The Morgan fingerprint density at radius 3 is 2.68 bits per heavy atom. The molecule has 0 aliphatic rings. The molecule has 0 amide bonds. The van der Waals surface area contributed by atoms with Crippen LogP contribution in [0.4, 0.5) is 23.4 Å². The molecule has 0 aliphatic carbocycles. The van der Waals surface area contributed by atoms with Crippen LogP contribution in [0, 0.1) is 0 Å². The van der Waals surface area contributed by atoms with Crippen LogP contribution >= 0.6 is 11.6 Å². The molecule has 19 heavy (non-hydrogen) atoms. The highest BCUT2D eigenvalue weighted by molar-refractivity contribution is 6.30. The Morgan fingerprint density at radius 1 is 1.47 bits per heavy atom. The third-order valence-corrected chi connectivity index (χ3v) is 2.37. The minimum atomic E-state index is -4.27. The number of aliphatic hydroxyl groups is 1. The Kier molecular flexibility index (Phi) is 5.33. The molecule has 1 aromatic rings. The fourth-order valence-electron chi connectivity index (χ4n) is 1.19. The van der Waals surface area contributed by atoms with Crippen molar-refractivity contribution in [2.24, 2.45) is 0 Å². The number of ether oxygens (including phenoxy) is 1. The summed E-state index contributed by atoms with van der Waals surface area (Å²) in [5.41, 5.74) is 5.52. The van der Waals surface area contributed by atoms with E-state index in [-0.39, 0.29) is 16.4 Å². The van der Waals surface area contributed by atoms with E-state index in [1.165, 1.54) is 12.3 Å². The third kappa shape index (κ3) is 4.48. The molecule has 0 fully saturated rings. The summed E-state index contributed by atoms with van der Waals surface area (Å²) in [7, 11) is 0. The van der Waals surface area contributed by atoms with Crippen molar-refractivity contribution < 1.29 is 27.4 Å². The summed E-state index contributed by atoms with van der Waals surface area (Å²) in [6.45, 7) is -2.13. The van der Waals surface area contributed by atoms with Gasteiger partial charge >= 0.3 is 12.3 Å². The number of nitrogens with zero attached hydrogens (tertiary/aromatic N) is 1. The normalized spacial score (nSPS) is 13.8. The van der Waals surface area contributed by atoms with Crippen molar-refractivity contribution in [3.8, 4) is 0 Å². The van der Waals surface area contributed by atoms with Gasteiger partial charge in [0.25, 0.3) is 0 Å². The molecule has 1 unspecified atom stereocenters. The van der Waals surface area contributed by atoms with Crippen LogP contribution in [0.2, 0.25) is 5.02 Å². The van der Waals surface area contributed by atoms with E-state index in [4.69, 9.17) is 17.3 Å². The van der Waals surface area contributed by atoms with E-state index in [2.05, 4.69) is 9.72 Å². The Bertz CT molecular complexity index is 434. The van der Waals surface area contributed by atoms with Crippen molar-refractivity contribution in [1.29, 1.82) is 0 Å². The van der Waals surface area contributed by atoms with E-state index in [9.17, 15) is 22.7 Å². The van der Waals surface area contributed by atoms with E-state index < -0.39 is 31.7 Å². The Morgan fingerprint density at radius 2 is 2.11 bits per heavy atom. The number of aromatic nitrogens is 1. The van der Waals surface area contributed by atoms with Gasteiger partial charge in [0.1, 0.15) is 18.5 Å². The first kappa shape index (κ1) is 15.9. The number of nitrogen functional groups attached to an aromatic ring is 1. The number of hydrogen-bond acceptors (Lipinski definition) is 4. The molecule has 0 radical (unpaired) electrons. The van der Waals surface area contributed by atoms with Gasteiger partial charge in [0.15, 0.2) is 0 Å². The molecule has 1 rings (SSSR count). The van der Waals surface area contributed by atoms with Gasteiger partial charge in [-0.2, -0.15) is 8.78 Å². The van der Waals surface area contributed by atoms with Gasteiger partial charge in [-0.25, -0.2) is 13.8 Å². The van der Waals surface area contributed by atoms with Gasteiger partial charge < -0.3 is 15.6 Å².